The molecule has 0 fully saturated rings. The van der Waals surface area contributed by atoms with Crippen LogP contribution >= 0.6 is 0 Å². The summed E-state index contributed by atoms with van der Waals surface area (Å²) in [5, 5.41) is 3.93. The third-order valence-corrected chi connectivity index (χ3v) is 2.66. The number of rotatable bonds is 5. The smallest absolute Gasteiger partial charge is 0.248 e. The lowest BCUT2D eigenvalue weighted by molar-refractivity contribution is 0.362. The van der Waals surface area contributed by atoms with Crippen LogP contribution in [0.15, 0.2) is 34.9 Å². The van der Waals surface area contributed by atoms with Crippen LogP contribution < -0.4 is 5.73 Å². The number of hydrogen-bond acceptors (Lipinski definition) is 4. The van der Waals surface area contributed by atoms with Gasteiger partial charge in [0.1, 0.15) is 6.04 Å². The van der Waals surface area contributed by atoms with Gasteiger partial charge in [-0.15, -0.1) is 0 Å². The van der Waals surface area contributed by atoms with Gasteiger partial charge in [-0.05, 0) is 12.0 Å². The molecule has 1 aromatic carbocycles. The quantitative estimate of drug-likeness (QED) is 0.858. The molecule has 4 heteroatoms. The molecule has 2 rings (SSSR count). The molecule has 1 heterocycles. The highest BCUT2D eigenvalue weighted by Crippen LogP contribution is 2.17. The molecule has 0 amide bonds. The van der Waals surface area contributed by atoms with Crippen LogP contribution in [-0.2, 0) is 6.42 Å². The summed E-state index contributed by atoms with van der Waals surface area (Å²) in [5.74, 6) is 1.23. The highest BCUT2D eigenvalue weighted by Gasteiger charge is 2.15. The molecule has 2 aromatic rings. The number of nitrogens with zero attached hydrogens (tertiary/aromatic N) is 2. The van der Waals surface area contributed by atoms with E-state index in [9.17, 15) is 0 Å². The van der Waals surface area contributed by atoms with Crippen LogP contribution in [-0.4, -0.2) is 10.1 Å². The summed E-state index contributed by atoms with van der Waals surface area (Å²) in [6.07, 6.45) is 3.04. The van der Waals surface area contributed by atoms with Gasteiger partial charge >= 0.3 is 0 Å². The first kappa shape index (κ1) is 11.8. The minimum atomic E-state index is -0.334. The molecule has 1 aromatic heterocycles. The predicted molar refractivity (Wildman–Crippen MR) is 65.4 cm³/mol. The Balaban J connectivity index is 2.09. The van der Waals surface area contributed by atoms with Gasteiger partial charge in [0.05, 0.1) is 0 Å². The minimum absolute atomic E-state index is 0.334. The van der Waals surface area contributed by atoms with Crippen molar-refractivity contribution in [2.24, 2.45) is 5.73 Å². The molecule has 4 nitrogen and oxygen atoms in total. The third kappa shape index (κ3) is 2.91. The zero-order chi connectivity index (χ0) is 12.1. The molecular formula is C13H17N3O. The fourth-order valence-corrected chi connectivity index (χ4v) is 1.63. The fourth-order valence-electron chi connectivity index (χ4n) is 1.63. The molecule has 2 N–H and O–H groups in total. The van der Waals surface area contributed by atoms with Crippen molar-refractivity contribution in [2.75, 3.05) is 0 Å². The predicted octanol–water partition coefficient (Wildman–Crippen LogP) is 2.46. The SMILES string of the molecule is CCCCc1noc(C(N)c2ccccc2)n1. The lowest BCUT2D eigenvalue weighted by atomic mass is 10.1. The Morgan fingerprint density at radius 2 is 2.06 bits per heavy atom. The van der Waals surface area contributed by atoms with Gasteiger partial charge < -0.3 is 10.3 Å². The van der Waals surface area contributed by atoms with E-state index in [2.05, 4.69) is 17.1 Å². The zero-order valence-electron chi connectivity index (χ0n) is 9.97. The Labute approximate surface area is 101 Å². The normalized spacial score (nSPS) is 12.6. The monoisotopic (exact) mass is 231 g/mol. The van der Waals surface area contributed by atoms with Gasteiger partial charge in [0, 0.05) is 6.42 Å². The van der Waals surface area contributed by atoms with Crippen molar-refractivity contribution in [3.8, 4) is 0 Å². The van der Waals surface area contributed by atoms with Crippen molar-refractivity contribution < 1.29 is 4.52 Å². The van der Waals surface area contributed by atoms with E-state index < -0.39 is 0 Å². The van der Waals surface area contributed by atoms with Gasteiger partial charge in [0.25, 0.3) is 0 Å². The number of aromatic nitrogens is 2. The molecule has 90 valence electrons. The Kier molecular flexibility index (Phi) is 3.88. The second-order valence-corrected chi connectivity index (χ2v) is 4.04. The Bertz CT molecular complexity index is 453. The van der Waals surface area contributed by atoms with Crippen LogP contribution in [0.1, 0.15) is 43.1 Å². The van der Waals surface area contributed by atoms with Crippen molar-refractivity contribution in [1.29, 1.82) is 0 Å². The van der Waals surface area contributed by atoms with Crippen molar-refractivity contribution in [2.45, 2.75) is 32.2 Å². The molecule has 1 unspecified atom stereocenters. The average molecular weight is 231 g/mol. The molecule has 0 spiro atoms. The van der Waals surface area contributed by atoms with Gasteiger partial charge in [0.2, 0.25) is 5.89 Å². The summed E-state index contributed by atoms with van der Waals surface area (Å²) in [6, 6.07) is 9.43. The molecule has 0 radical (unpaired) electrons. The van der Waals surface area contributed by atoms with E-state index in [0.717, 1.165) is 30.7 Å². The summed E-state index contributed by atoms with van der Waals surface area (Å²) in [4.78, 5) is 4.32. The van der Waals surface area contributed by atoms with Gasteiger partial charge in [-0.3, -0.25) is 0 Å². The lowest BCUT2D eigenvalue weighted by Crippen LogP contribution is -2.12. The van der Waals surface area contributed by atoms with E-state index >= 15 is 0 Å². The van der Waals surface area contributed by atoms with E-state index in [0.29, 0.717) is 5.89 Å². The Morgan fingerprint density at radius 1 is 1.29 bits per heavy atom. The second kappa shape index (κ2) is 5.59. The van der Waals surface area contributed by atoms with E-state index in [1.807, 2.05) is 30.3 Å². The summed E-state index contributed by atoms with van der Waals surface area (Å²) < 4.78 is 5.19. The van der Waals surface area contributed by atoms with Gasteiger partial charge in [-0.25, -0.2) is 0 Å². The maximum Gasteiger partial charge on any atom is 0.248 e. The van der Waals surface area contributed by atoms with Crippen LogP contribution in [0.2, 0.25) is 0 Å². The summed E-state index contributed by atoms with van der Waals surface area (Å²) >= 11 is 0. The molecule has 1 atom stereocenters. The van der Waals surface area contributed by atoms with Gasteiger partial charge in [0.15, 0.2) is 5.82 Å². The first-order valence-electron chi connectivity index (χ1n) is 5.94. The van der Waals surface area contributed by atoms with Gasteiger partial charge in [-0.2, -0.15) is 4.98 Å². The van der Waals surface area contributed by atoms with Crippen molar-refractivity contribution in [1.82, 2.24) is 10.1 Å². The van der Waals surface area contributed by atoms with E-state index in [1.54, 1.807) is 0 Å². The number of benzene rings is 1. The maximum absolute atomic E-state index is 6.06. The molecule has 0 saturated carbocycles. The first-order valence-corrected chi connectivity index (χ1v) is 5.94. The number of unbranched alkanes of at least 4 members (excludes halogenated alkanes) is 1. The highest BCUT2D eigenvalue weighted by atomic mass is 16.5. The highest BCUT2D eigenvalue weighted by molar-refractivity contribution is 5.22. The van der Waals surface area contributed by atoms with Crippen molar-refractivity contribution >= 4 is 0 Å². The Hall–Kier alpha value is -1.68. The van der Waals surface area contributed by atoms with Crippen LogP contribution in [0.4, 0.5) is 0 Å². The molecule has 0 aliphatic carbocycles. The number of nitrogens with two attached hydrogens (primary N) is 1. The average Bonchev–Trinajstić information content (AvgIpc) is 2.85. The standard InChI is InChI=1S/C13H17N3O/c1-2-3-9-11-15-13(17-16-11)12(14)10-7-5-4-6-8-10/h4-8,12H,2-3,9,14H2,1H3. The summed E-state index contributed by atoms with van der Waals surface area (Å²) in [7, 11) is 0. The van der Waals surface area contributed by atoms with E-state index in [-0.39, 0.29) is 6.04 Å². The molecule has 0 aliphatic rings. The maximum atomic E-state index is 6.06. The molecule has 0 bridgehead atoms. The first-order chi connectivity index (χ1) is 8.31. The van der Waals surface area contributed by atoms with Crippen molar-refractivity contribution in [3.05, 3.63) is 47.6 Å². The van der Waals surface area contributed by atoms with Crippen LogP contribution in [0.25, 0.3) is 0 Å². The minimum Gasteiger partial charge on any atom is -0.337 e. The molecule has 0 aliphatic heterocycles. The molecule has 17 heavy (non-hydrogen) atoms. The number of hydrogen-bond donors (Lipinski definition) is 1. The fraction of sp³-hybridized carbons (Fsp3) is 0.385. The second-order valence-electron chi connectivity index (χ2n) is 4.04. The van der Waals surface area contributed by atoms with Crippen LogP contribution in [0.3, 0.4) is 0 Å². The summed E-state index contributed by atoms with van der Waals surface area (Å²) in [6.45, 7) is 2.14. The lowest BCUT2D eigenvalue weighted by Gasteiger charge is -2.05. The molecular weight excluding hydrogens is 214 g/mol. The van der Waals surface area contributed by atoms with E-state index in [1.165, 1.54) is 0 Å². The molecule has 0 saturated heterocycles. The number of aryl methyl sites for hydroxylation is 1. The Morgan fingerprint density at radius 3 is 2.76 bits per heavy atom. The van der Waals surface area contributed by atoms with Crippen molar-refractivity contribution in [3.63, 3.8) is 0 Å². The van der Waals surface area contributed by atoms with Crippen LogP contribution in [0, 0.1) is 0 Å². The van der Waals surface area contributed by atoms with Gasteiger partial charge in [-0.1, -0.05) is 48.8 Å². The van der Waals surface area contributed by atoms with Crippen LogP contribution in [0.5, 0.6) is 0 Å². The topological polar surface area (TPSA) is 64.9 Å². The van der Waals surface area contributed by atoms with E-state index in [4.69, 9.17) is 10.3 Å². The zero-order valence-corrected chi connectivity index (χ0v) is 9.97. The third-order valence-electron chi connectivity index (χ3n) is 2.66. The summed E-state index contributed by atoms with van der Waals surface area (Å²) in [5.41, 5.74) is 7.05. The largest absolute Gasteiger partial charge is 0.337 e.